The number of rotatable bonds is 4. The van der Waals surface area contributed by atoms with E-state index in [1.807, 2.05) is 50.2 Å². The molecule has 0 saturated heterocycles. The molecule has 0 aliphatic heterocycles. The molecule has 0 aliphatic rings. The molecule has 3 aromatic heterocycles. The van der Waals surface area contributed by atoms with Gasteiger partial charge in [0.05, 0.1) is 0 Å². The summed E-state index contributed by atoms with van der Waals surface area (Å²) in [5.41, 5.74) is 3.62. The Hall–Kier alpha value is -4.27. The molecule has 31 heavy (non-hydrogen) atoms. The van der Waals surface area contributed by atoms with E-state index in [9.17, 15) is 9.59 Å². The molecule has 2 aromatic carbocycles. The number of esters is 1. The van der Waals surface area contributed by atoms with Crippen molar-refractivity contribution in [1.29, 1.82) is 0 Å². The second-order valence-electron chi connectivity index (χ2n) is 7.12. The fourth-order valence-corrected chi connectivity index (χ4v) is 3.45. The molecule has 0 saturated carbocycles. The molecular formula is C22H17N5O4. The van der Waals surface area contributed by atoms with Gasteiger partial charge in [-0.1, -0.05) is 18.2 Å². The van der Waals surface area contributed by atoms with Crippen molar-refractivity contribution >= 4 is 45.3 Å². The fourth-order valence-electron chi connectivity index (χ4n) is 3.45. The van der Waals surface area contributed by atoms with E-state index in [-0.39, 0.29) is 5.82 Å². The molecule has 0 aliphatic carbocycles. The van der Waals surface area contributed by atoms with Crippen molar-refractivity contribution in [2.45, 2.75) is 13.8 Å². The number of furan rings is 1. The number of nitrogens with zero attached hydrogens (tertiary/aromatic N) is 4. The zero-order valence-electron chi connectivity index (χ0n) is 16.7. The van der Waals surface area contributed by atoms with Crippen molar-refractivity contribution < 1.29 is 18.7 Å². The summed E-state index contributed by atoms with van der Waals surface area (Å²) in [6.07, 6.45) is 0. The second-order valence-corrected chi connectivity index (χ2v) is 7.12. The van der Waals surface area contributed by atoms with E-state index < -0.39 is 18.5 Å². The smallest absolute Gasteiger partial charge is 0.378 e. The average molecular weight is 415 g/mol. The first-order chi connectivity index (χ1) is 15.0. The number of ether oxygens (including phenoxy) is 1. The molecule has 0 spiro atoms. The van der Waals surface area contributed by atoms with Gasteiger partial charge in [-0.2, -0.15) is 4.98 Å². The Labute approximate surface area is 175 Å². The Morgan fingerprint density at radius 2 is 1.84 bits per heavy atom. The average Bonchev–Trinajstić information content (AvgIpc) is 3.33. The number of fused-ring (bicyclic) bond motifs is 4. The molecule has 0 unspecified atom stereocenters. The maximum atomic E-state index is 12.3. The van der Waals surface area contributed by atoms with Gasteiger partial charge >= 0.3 is 5.97 Å². The number of benzene rings is 2. The molecule has 5 aromatic rings. The summed E-state index contributed by atoms with van der Waals surface area (Å²) in [5, 5.41) is 8.66. The quantitative estimate of drug-likeness (QED) is 0.448. The zero-order chi connectivity index (χ0) is 21.5. The molecule has 0 radical (unpaired) electrons. The third kappa shape index (κ3) is 3.46. The lowest BCUT2D eigenvalue weighted by molar-refractivity contribution is -0.119. The number of aryl methyl sites for hydroxylation is 2. The standard InChI is InChI=1S/C22H17N5O4/c1-12-9-13(2)27-22(23-12)25-20(26-27)21(29)30-11-19(28)24-14-7-8-18-16(10-14)15-5-3-4-6-17(15)31-18/h3-10H,11H2,1-2H3,(H,24,28). The molecule has 0 atom stereocenters. The number of anilines is 1. The molecule has 5 rings (SSSR count). The van der Waals surface area contributed by atoms with Crippen LogP contribution in [0.2, 0.25) is 0 Å². The lowest BCUT2D eigenvalue weighted by atomic mass is 10.1. The minimum Gasteiger partial charge on any atom is -0.456 e. The molecule has 0 fully saturated rings. The highest BCUT2D eigenvalue weighted by Crippen LogP contribution is 2.30. The van der Waals surface area contributed by atoms with E-state index in [1.165, 1.54) is 4.52 Å². The highest BCUT2D eigenvalue weighted by molar-refractivity contribution is 6.07. The number of para-hydroxylation sites is 1. The highest BCUT2D eigenvalue weighted by atomic mass is 16.5. The van der Waals surface area contributed by atoms with Crippen LogP contribution >= 0.6 is 0 Å². The van der Waals surface area contributed by atoms with E-state index in [0.29, 0.717) is 11.5 Å². The molecule has 9 nitrogen and oxygen atoms in total. The summed E-state index contributed by atoms with van der Waals surface area (Å²) in [5.74, 6) is -1.13. The van der Waals surface area contributed by atoms with Crippen LogP contribution in [-0.4, -0.2) is 38.1 Å². The lowest BCUT2D eigenvalue weighted by Gasteiger charge is -2.05. The van der Waals surface area contributed by atoms with E-state index in [1.54, 1.807) is 12.1 Å². The van der Waals surface area contributed by atoms with Crippen LogP contribution in [0.3, 0.4) is 0 Å². The van der Waals surface area contributed by atoms with Crippen molar-refractivity contribution in [1.82, 2.24) is 19.6 Å². The molecule has 9 heteroatoms. The minimum absolute atomic E-state index is 0.153. The first kappa shape index (κ1) is 18.7. The van der Waals surface area contributed by atoms with Crippen LogP contribution in [0.5, 0.6) is 0 Å². The third-order valence-corrected chi connectivity index (χ3v) is 4.80. The van der Waals surface area contributed by atoms with Crippen molar-refractivity contribution in [3.63, 3.8) is 0 Å². The van der Waals surface area contributed by atoms with E-state index in [4.69, 9.17) is 9.15 Å². The molecule has 1 amide bonds. The van der Waals surface area contributed by atoms with E-state index in [0.717, 1.165) is 33.3 Å². The minimum atomic E-state index is -0.797. The molecular weight excluding hydrogens is 398 g/mol. The van der Waals surface area contributed by atoms with Gasteiger partial charge in [0, 0.05) is 27.8 Å². The van der Waals surface area contributed by atoms with Gasteiger partial charge in [0.2, 0.25) is 0 Å². The van der Waals surface area contributed by atoms with Gasteiger partial charge in [-0.15, -0.1) is 5.10 Å². The summed E-state index contributed by atoms with van der Waals surface area (Å²) in [4.78, 5) is 32.9. The van der Waals surface area contributed by atoms with Crippen molar-refractivity contribution in [2.75, 3.05) is 11.9 Å². The Kier molecular flexibility index (Phi) is 4.36. The van der Waals surface area contributed by atoms with Gasteiger partial charge in [0.1, 0.15) is 11.2 Å². The van der Waals surface area contributed by atoms with Crippen molar-refractivity contribution in [3.8, 4) is 0 Å². The number of carbonyl (C=O) groups is 2. The number of hydrogen-bond acceptors (Lipinski definition) is 7. The summed E-state index contributed by atoms with van der Waals surface area (Å²) in [6, 6.07) is 14.8. The largest absolute Gasteiger partial charge is 0.456 e. The molecule has 0 bridgehead atoms. The first-order valence-corrected chi connectivity index (χ1v) is 9.57. The number of nitrogens with one attached hydrogen (secondary N) is 1. The van der Waals surface area contributed by atoms with Gasteiger partial charge in [-0.3, -0.25) is 4.79 Å². The van der Waals surface area contributed by atoms with Gasteiger partial charge in [-0.25, -0.2) is 14.3 Å². The van der Waals surface area contributed by atoms with Crippen molar-refractivity contribution in [2.24, 2.45) is 0 Å². The molecule has 3 heterocycles. The third-order valence-electron chi connectivity index (χ3n) is 4.80. The summed E-state index contributed by atoms with van der Waals surface area (Å²) >= 11 is 0. The molecule has 1 N–H and O–H groups in total. The maximum absolute atomic E-state index is 12.3. The van der Waals surface area contributed by atoms with Gasteiger partial charge in [-0.05, 0) is 44.2 Å². The topological polar surface area (TPSA) is 112 Å². The normalized spacial score (nSPS) is 11.3. The van der Waals surface area contributed by atoms with Crippen LogP contribution < -0.4 is 5.32 Å². The van der Waals surface area contributed by atoms with Crippen LogP contribution in [0, 0.1) is 13.8 Å². The molecule has 154 valence electrons. The summed E-state index contributed by atoms with van der Waals surface area (Å²) in [7, 11) is 0. The Morgan fingerprint density at radius 3 is 2.71 bits per heavy atom. The first-order valence-electron chi connectivity index (χ1n) is 9.57. The lowest BCUT2D eigenvalue weighted by Crippen LogP contribution is -2.21. The summed E-state index contributed by atoms with van der Waals surface area (Å²) < 4.78 is 12.3. The predicted molar refractivity (Wildman–Crippen MR) is 113 cm³/mol. The monoisotopic (exact) mass is 415 g/mol. The van der Waals surface area contributed by atoms with Gasteiger partial charge in [0.25, 0.3) is 17.5 Å². The van der Waals surface area contributed by atoms with Crippen LogP contribution in [0.4, 0.5) is 5.69 Å². The van der Waals surface area contributed by atoms with Gasteiger partial charge in [0.15, 0.2) is 6.61 Å². The van der Waals surface area contributed by atoms with Crippen LogP contribution in [0.25, 0.3) is 27.7 Å². The van der Waals surface area contributed by atoms with E-state index in [2.05, 4.69) is 20.4 Å². The number of amides is 1. The number of aromatic nitrogens is 4. The number of hydrogen-bond donors (Lipinski definition) is 1. The summed E-state index contributed by atoms with van der Waals surface area (Å²) in [6.45, 7) is 3.19. The van der Waals surface area contributed by atoms with Crippen molar-refractivity contribution in [3.05, 3.63) is 65.7 Å². The fraction of sp³-hybridized carbons (Fsp3) is 0.136. The number of carbonyl (C=O) groups excluding carboxylic acids is 2. The Morgan fingerprint density at radius 1 is 1.03 bits per heavy atom. The van der Waals surface area contributed by atoms with Crippen LogP contribution in [0.1, 0.15) is 22.0 Å². The second kappa shape index (κ2) is 7.21. The van der Waals surface area contributed by atoms with Gasteiger partial charge < -0.3 is 14.5 Å². The predicted octanol–water partition coefficient (Wildman–Crippen LogP) is 3.44. The maximum Gasteiger partial charge on any atom is 0.378 e. The van der Waals surface area contributed by atoms with E-state index >= 15 is 0 Å². The Bertz CT molecular complexity index is 1480. The highest BCUT2D eigenvalue weighted by Gasteiger charge is 2.18. The van der Waals surface area contributed by atoms with Crippen LogP contribution in [-0.2, 0) is 9.53 Å². The zero-order valence-corrected chi connectivity index (χ0v) is 16.7. The van der Waals surface area contributed by atoms with Crippen LogP contribution in [0.15, 0.2) is 52.9 Å². The SMILES string of the molecule is Cc1cc(C)n2nc(C(=O)OCC(=O)Nc3ccc4oc5ccccc5c4c3)nc2n1. The Balaban J connectivity index is 1.28.